The minimum atomic E-state index is -4.70. The number of rotatable bonds is 3. The molecule has 108 valence electrons. The lowest BCUT2D eigenvalue weighted by Crippen LogP contribution is -2.16. The van der Waals surface area contributed by atoms with E-state index < -0.39 is 6.36 Å². The Morgan fingerprint density at radius 2 is 1.62 bits per heavy atom. The molecule has 21 heavy (non-hydrogen) atoms. The second-order valence-corrected chi connectivity index (χ2v) is 4.13. The molecule has 0 unspecified atom stereocenters. The van der Waals surface area contributed by atoms with Crippen LogP contribution in [0.3, 0.4) is 0 Å². The van der Waals surface area contributed by atoms with E-state index in [0.717, 1.165) is 5.56 Å². The number of terminal acetylenes is 1. The van der Waals surface area contributed by atoms with Gasteiger partial charge in [-0.1, -0.05) is 18.1 Å². The van der Waals surface area contributed by atoms with Crippen LogP contribution in [0.5, 0.6) is 11.5 Å². The maximum absolute atomic E-state index is 12.1. The summed E-state index contributed by atoms with van der Waals surface area (Å²) in [5.74, 6) is 2.87. The van der Waals surface area contributed by atoms with Crippen LogP contribution in [0, 0.1) is 12.3 Å². The first-order valence-corrected chi connectivity index (χ1v) is 5.94. The van der Waals surface area contributed by atoms with E-state index in [4.69, 9.17) is 11.2 Å². The van der Waals surface area contributed by atoms with Gasteiger partial charge < -0.3 is 9.47 Å². The van der Waals surface area contributed by atoms with E-state index in [1.165, 1.54) is 31.4 Å². The highest BCUT2D eigenvalue weighted by Crippen LogP contribution is 2.30. The van der Waals surface area contributed by atoms with Crippen LogP contribution >= 0.6 is 0 Å². The Balaban J connectivity index is 2.33. The molecule has 0 heterocycles. The first kappa shape index (κ1) is 14.8. The third-order valence-corrected chi connectivity index (χ3v) is 2.78. The quantitative estimate of drug-likeness (QED) is 0.788. The number of halogens is 3. The Labute approximate surface area is 120 Å². The molecule has 0 atom stereocenters. The zero-order chi connectivity index (χ0) is 15.5. The molecule has 2 aromatic carbocycles. The molecule has 0 saturated carbocycles. The smallest absolute Gasteiger partial charge is 0.497 e. The molecule has 0 radical (unpaired) electrons. The van der Waals surface area contributed by atoms with Crippen LogP contribution in [0.15, 0.2) is 42.5 Å². The van der Waals surface area contributed by atoms with Crippen LogP contribution in [-0.2, 0) is 0 Å². The van der Waals surface area contributed by atoms with Crippen molar-refractivity contribution < 1.29 is 22.6 Å². The Morgan fingerprint density at radius 1 is 1.00 bits per heavy atom. The highest BCUT2D eigenvalue weighted by atomic mass is 19.4. The van der Waals surface area contributed by atoms with Crippen molar-refractivity contribution >= 4 is 0 Å². The first-order valence-electron chi connectivity index (χ1n) is 5.94. The van der Waals surface area contributed by atoms with Gasteiger partial charge in [0, 0.05) is 5.56 Å². The first-order chi connectivity index (χ1) is 9.93. The summed E-state index contributed by atoms with van der Waals surface area (Å²) in [5.41, 5.74) is 2.02. The third kappa shape index (κ3) is 3.69. The molecule has 2 nitrogen and oxygen atoms in total. The SMILES string of the molecule is C#Cc1cc(OC)ccc1-c1ccc(OC(F)(F)F)cc1. The standard InChI is InChI=1S/C16H11F3O2/c1-3-11-10-14(20-2)8-9-15(11)12-4-6-13(7-5-12)21-16(17,18)19/h1,4-10H,2H3. The molecule has 2 aromatic rings. The van der Waals surface area contributed by atoms with Crippen molar-refractivity contribution in [2.24, 2.45) is 0 Å². The van der Waals surface area contributed by atoms with Crippen LogP contribution in [0.1, 0.15) is 5.56 Å². The number of alkyl halides is 3. The Bertz CT molecular complexity index is 667. The molecule has 0 aliphatic carbocycles. The number of methoxy groups -OCH3 is 1. The van der Waals surface area contributed by atoms with Gasteiger partial charge in [0.05, 0.1) is 7.11 Å². The van der Waals surface area contributed by atoms with Crippen LogP contribution < -0.4 is 9.47 Å². The lowest BCUT2D eigenvalue weighted by Gasteiger charge is -2.11. The van der Waals surface area contributed by atoms with Crippen molar-refractivity contribution in [2.75, 3.05) is 7.11 Å². The minimum absolute atomic E-state index is 0.276. The van der Waals surface area contributed by atoms with E-state index >= 15 is 0 Å². The van der Waals surface area contributed by atoms with Gasteiger partial charge in [-0.05, 0) is 41.5 Å². The Kier molecular flexibility index (Phi) is 4.08. The number of hydrogen-bond acceptors (Lipinski definition) is 2. The van der Waals surface area contributed by atoms with Gasteiger partial charge in [-0.15, -0.1) is 19.6 Å². The number of hydrogen-bond donors (Lipinski definition) is 0. The molecule has 0 N–H and O–H groups in total. The molecule has 0 aliphatic heterocycles. The summed E-state index contributed by atoms with van der Waals surface area (Å²) in [5, 5.41) is 0. The van der Waals surface area contributed by atoms with E-state index in [0.29, 0.717) is 16.9 Å². The normalized spacial score (nSPS) is 10.8. The van der Waals surface area contributed by atoms with E-state index in [2.05, 4.69) is 10.7 Å². The van der Waals surface area contributed by atoms with Gasteiger partial charge in [0.15, 0.2) is 0 Å². The van der Waals surface area contributed by atoms with Gasteiger partial charge in [-0.3, -0.25) is 0 Å². The summed E-state index contributed by atoms with van der Waals surface area (Å²) >= 11 is 0. The van der Waals surface area contributed by atoms with E-state index in [9.17, 15) is 13.2 Å². The second kappa shape index (κ2) is 5.80. The fourth-order valence-corrected chi connectivity index (χ4v) is 1.86. The molecule has 0 fully saturated rings. The van der Waals surface area contributed by atoms with Crippen molar-refractivity contribution in [3.63, 3.8) is 0 Å². The molecule has 0 saturated heterocycles. The number of benzene rings is 2. The maximum Gasteiger partial charge on any atom is 0.573 e. The Hall–Kier alpha value is -2.61. The van der Waals surface area contributed by atoms with Crippen molar-refractivity contribution in [3.8, 4) is 35.0 Å². The minimum Gasteiger partial charge on any atom is -0.497 e. The largest absolute Gasteiger partial charge is 0.573 e. The molecule has 2 rings (SSSR count). The zero-order valence-corrected chi connectivity index (χ0v) is 11.1. The van der Waals surface area contributed by atoms with Gasteiger partial charge in [0.25, 0.3) is 0 Å². The zero-order valence-electron chi connectivity index (χ0n) is 11.1. The van der Waals surface area contributed by atoms with Crippen LogP contribution in [0.2, 0.25) is 0 Å². The van der Waals surface area contributed by atoms with Crippen LogP contribution in [-0.4, -0.2) is 13.5 Å². The van der Waals surface area contributed by atoms with E-state index in [-0.39, 0.29) is 5.75 Å². The van der Waals surface area contributed by atoms with Crippen molar-refractivity contribution in [1.82, 2.24) is 0 Å². The average Bonchev–Trinajstić information content (AvgIpc) is 2.46. The third-order valence-electron chi connectivity index (χ3n) is 2.78. The lowest BCUT2D eigenvalue weighted by molar-refractivity contribution is -0.274. The molecular weight excluding hydrogens is 281 g/mol. The molecule has 0 aliphatic rings. The molecule has 0 amide bonds. The van der Waals surface area contributed by atoms with Gasteiger partial charge >= 0.3 is 6.36 Å². The summed E-state index contributed by atoms with van der Waals surface area (Å²) in [6, 6.07) is 10.7. The molecule has 0 bridgehead atoms. The van der Waals surface area contributed by atoms with Crippen molar-refractivity contribution in [3.05, 3.63) is 48.0 Å². The maximum atomic E-state index is 12.1. The van der Waals surface area contributed by atoms with Gasteiger partial charge in [-0.25, -0.2) is 0 Å². The van der Waals surface area contributed by atoms with E-state index in [1.807, 2.05) is 0 Å². The summed E-state index contributed by atoms with van der Waals surface area (Å²) in [7, 11) is 1.53. The molecule has 0 aromatic heterocycles. The highest BCUT2D eigenvalue weighted by molar-refractivity contribution is 5.72. The van der Waals surface area contributed by atoms with Crippen LogP contribution in [0.25, 0.3) is 11.1 Å². The predicted molar refractivity (Wildman–Crippen MR) is 73.0 cm³/mol. The summed E-state index contributed by atoms with van der Waals surface area (Å²) in [6.07, 6.45) is 0.743. The van der Waals surface area contributed by atoms with Gasteiger partial charge in [0.1, 0.15) is 11.5 Å². The van der Waals surface area contributed by atoms with Crippen molar-refractivity contribution in [1.29, 1.82) is 0 Å². The second-order valence-electron chi connectivity index (χ2n) is 4.13. The summed E-state index contributed by atoms with van der Waals surface area (Å²) in [4.78, 5) is 0. The summed E-state index contributed by atoms with van der Waals surface area (Å²) in [6.45, 7) is 0. The Morgan fingerprint density at radius 3 is 2.14 bits per heavy atom. The molecule has 0 spiro atoms. The highest BCUT2D eigenvalue weighted by Gasteiger charge is 2.30. The lowest BCUT2D eigenvalue weighted by atomic mass is 10.00. The van der Waals surface area contributed by atoms with Crippen LogP contribution in [0.4, 0.5) is 13.2 Å². The van der Waals surface area contributed by atoms with E-state index in [1.54, 1.807) is 18.2 Å². The molecular formula is C16H11F3O2. The molecule has 5 heteroatoms. The fraction of sp³-hybridized carbons (Fsp3) is 0.125. The van der Waals surface area contributed by atoms with Gasteiger partial charge in [0.2, 0.25) is 0 Å². The topological polar surface area (TPSA) is 18.5 Å². The average molecular weight is 292 g/mol. The predicted octanol–water partition coefficient (Wildman–Crippen LogP) is 4.24. The van der Waals surface area contributed by atoms with Gasteiger partial charge in [-0.2, -0.15) is 0 Å². The number of ether oxygens (including phenoxy) is 2. The monoisotopic (exact) mass is 292 g/mol. The fourth-order valence-electron chi connectivity index (χ4n) is 1.86. The summed E-state index contributed by atoms with van der Waals surface area (Å²) < 4.78 is 45.2. The van der Waals surface area contributed by atoms with Crippen molar-refractivity contribution in [2.45, 2.75) is 6.36 Å².